The van der Waals surface area contributed by atoms with Crippen molar-refractivity contribution in [3.05, 3.63) is 26.7 Å². The lowest BCUT2D eigenvalue weighted by atomic mass is 10.1. The van der Waals surface area contributed by atoms with Gasteiger partial charge < -0.3 is 9.72 Å². The maximum Gasteiger partial charge on any atom is 0.327 e. The van der Waals surface area contributed by atoms with Gasteiger partial charge in [-0.05, 0) is 13.8 Å². The summed E-state index contributed by atoms with van der Waals surface area (Å²) in [5.74, 6) is 0.596. The van der Waals surface area contributed by atoms with Crippen LogP contribution in [0.3, 0.4) is 0 Å². The third-order valence-electron chi connectivity index (χ3n) is 2.58. The quantitative estimate of drug-likeness (QED) is 0.695. The van der Waals surface area contributed by atoms with Crippen molar-refractivity contribution in [1.82, 2.24) is 19.9 Å². The van der Waals surface area contributed by atoms with Crippen LogP contribution in [0.2, 0.25) is 0 Å². The first kappa shape index (κ1) is 11.6. The molecule has 7 nitrogen and oxygen atoms in total. The largest absolute Gasteiger partial charge is 0.378 e. The number of ether oxygens (including phenoxy) is 1. The lowest BCUT2D eigenvalue weighted by molar-refractivity contribution is 0.0218. The molecular formula is C10H14N4O3. The van der Waals surface area contributed by atoms with Crippen LogP contribution in [0.1, 0.15) is 19.7 Å². The highest BCUT2D eigenvalue weighted by Crippen LogP contribution is 2.14. The first-order valence-corrected chi connectivity index (χ1v) is 5.17. The molecule has 0 radical (unpaired) electrons. The second kappa shape index (κ2) is 3.85. The van der Waals surface area contributed by atoms with E-state index in [1.165, 1.54) is 0 Å². The minimum atomic E-state index is -0.563. The predicted molar refractivity (Wildman–Crippen MR) is 62.1 cm³/mol. The normalized spacial score (nSPS) is 12.2. The molecule has 0 aliphatic heterocycles. The number of aromatic amines is 3. The maximum atomic E-state index is 11.5. The van der Waals surface area contributed by atoms with Gasteiger partial charge in [-0.15, -0.1) is 0 Å². The fourth-order valence-corrected chi connectivity index (χ4v) is 1.54. The van der Waals surface area contributed by atoms with E-state index in [0.717, 1.165) is 0 Å². The van der Waals surface area contributed by atoms with Crippen LogP contribution in [0, 0.1) is 0 Å². The molecule has 0 fully saturated rings. The molecule has 0 atom stereocenters. The Morgan fingerprint density at radius 3 is 2.59 bits per heavy atom. The predicted octanol–water partition coefficient (Wildman–Crippen LogP) is -0.0930. The molecule has 2 aromatic heterocycles. The monoisotopic (exact) mass is 238 g/mol. The molecule has 17 heavy (non-hydrogen) atoms. The van der Waals surface area contributed by atoms with Gasteiger partial charge in [-0.25, -0.2) is 9.78 Å². The molecule has 0 aliphatic rings. The third kappa shape index (κ3) is 2.28. The van der Waals surface area contributed by atoms with Crippen LogP contribution in [0.15, 0.2) is 9.59 Å². The zero-order valence-corrected chi connectivity index (χ0v) is 9.88. The molecule has 0 unspecified atom stereocenters. The molecule has 92 valence electrons. The number of nitrogens with one attached hydrogen (secondary N) is 3. The smallest absolute Gasteiger partial charge is 0.327 e. The molecule has 3 N–H and O–H groups in total. The summed E-state index contributed by atoms with van der Waals surface area (Å²) in [5.41, 5.74) is -0.891. The Balaban J connectivity index is 2.49. The van der Waals surface area contributed by atoms with E-state index in [0.29, 0.717) is 12.2 Å². The Morgan fingerprint density at radius 2 is 1.94 bits per heavy atom. The molecule has 2 rings (SSSR count). The fourth-order valence-electron chi connectivity index (χ4n) is 1.54. The van der Waals surface area contributed by atoms with Gasteiger partial charge in [0.2, 0.25) is 0 Å². The Kier molecular flexibility index (Phi) is 2.62. The number of fused-ring (bicyclic) bond motifs is 1. The lowest BCUT2D eigenvalue weighted by Gasteiger charge is -2.20. The highest BCUT2D eigenvalue weighted by Gasteiger charge is 2.20. The molecule has 0 saturated carbocycles. The first-order valence-electron chi connectivity index (χ1n) is 5.17. The van der Waals surface area contributed by atoms with Crippen molar-refractivity contribution in [1.29, 1.82) is 0 Å². The summed E-state index contributed by atoms with van der Waals surface area (Å²) in [6, 6.07) is 0. The van der Waals surface area contributed by atoms with Crippen LogP contribution in [0.25, 0.3) is 11.2 Å². The molecule has 7 heteroatoms. The molecule has 0 aromatic carbocycles. The Bertz CT molecular complexity index is 649. The summed E-state index contributed by atoms with van der Waals surface area (Å²) < 4.78 is 5.27. The SMILES string of the molecule is COC(C)(C)Cc1nc2[nH]c(=O)[nH]c(=O)c2[nH]1. The molecule has 0 amide bonds. The van der Waals surface area contributed by atoms with Crippen LogP contribution in [-0.4, -0.2) is 32.6 Å². The van der Waals surface area contributed by atoms with Crippen molar-refractivity contribution in [2.75, 3.05) is 7.11 Å². The van der Waals surface area contributed by atoms with Crippen molar-refractivity contribution >= 4 is 11.2 Å². The summed E-state index contributed by atoms with van der Waals surface area (Å²) in [7, 11) is 1.61. The van der Waals surface area contributed by atoms with Gasteiger partial charge in [-0.1, -0.05) is 0 Å². The molecule has 2 heterocycles. The van der Waals surface area contributed by atoms with Gasteiger partial charge in [0.15, 0.2) is 5.65 Å². The van der Waals surface area contributed by atoms with Gasteiger partial charge >= 0.3 is 5.69 Å². The van der Waals surface area contributed by atoms with Gasteiger partial charge in [0.25, 0.3) is 5.56 Å². The van der Waals surface area contributed by atoms with Crippen molar-refractivity contribution < 1.29 is 4.74 Å². The average molecular weight is 238 g/mol. The third-order valence-corrected chi connectivity index (χ3v) is 2.58. The van der Waals surface area contributed by atoms with E-state index in [1.54, 1.807) is 7.11 Å². The number of nitrogens with zero attached hydrogens (tertiary/aromatic N) is 1. The van der Waals surface area contributed by atoms with Gasteiger partial charge in [0, 0.05) is 13.5 Å². The summed E-state index contributed by atoms with van der Waals surface area (Å²) in [6.07, 6.45) is 0.514. The summed E-state index contributed by atoms with van der Waals surface area (Å²) in [5, 5.41) is 0. The van der Waals surface area contributed by atoms with Gasteiger partial charge in [-0.2, -0.15) is 0 Å². The van der Waals surface area contributed by atoms with Gasteiger partial charge in [0.1, 0.15) is 11.3 Å². The van der Waals surface area contributed by atoms with E-state index >= 15 is 0 Å². The number of hydrogen-bond donors (Lipinski definition) is 3. The Morgan fingerprint density at radius 1 is 1.24 bits per heavy atom. The van der Waals surface area contributed by atoms with Crippen LogP contribution >= 0.6 is 0 Å². The highest BCUT2D eigenvalue weighted by atomic mass is 16.5. The van der Waals surface area contributed by atoms with Gasteiger partial charge in [0.05, 0.1) is 5.60 Å². The van der Waals surface area contributed by atoms with E-state index in [1.807, 2.05) is 13.8 Å². The Hall–Kier alpha value is -1.89. The van der Waals surface area contributed by atoms with Crippen molar-refractivity contribution in [2.24, 2.45) is 0 Å². The van der Waals surface area contributed by atoms with Crippen LogP contribution in [-0.2, 0) is 11.2 Å². The first-order chi connectivity index (χ1) is 7.91. The zero-order chi connectivity index (χ0) is 12.6. The topological polar surface area (TPSA) is 104 Å². The van der Waals surface area contributed by atoms with E-state index in [4.69, 9.17) is 4.74 Å². The summed E-state index contributed by atoms with van der Waals surface area (Å²) in [6.45, 7) is 3.82. The molecule has 0 spiro atoms. The van der Waals surface area contributed by atoms with E-state index in [2.05, 4.69) is 19.9 Å². The Labute approximate surface area is 96.2 Å². The standard InChI is InChI=1S/C10H14N4O3/c1-10(2,17-3)4-5-11-6-7(12-5)13-9(16)14-8(6)15/h4H2,1-3H3,(H3,11,12,13,14,15,16). The molecular weight excluding hydrogens is 224 g/mol. The molecule has 0 aliphatic carbocycles. The minimum absolute atomic E-state index is 0.264. The van der Waals surface area contributed by atoms with Crippen molar-refractivity contribution in [2.45, 2.75) is 25.9 Å². The van der Waals surface area contributed by atoms with E-state index in [-0.39, 0.29) is 16.8 Å². The second-order valence-electron chi connectivity index (χ2n) is 4.46. The second-order valence-corrected chi connectivity index (χ2v) is 4.46. The number of aromatic nitrogens is 4. The van der Waals surface area contributed by atoms with Crippen LogP contribution in [0.5, 0.6) is 0 Å². The van der Waals surface area contributed by atoms with Crippen molar-refractivity contribution in [3.63, 3.8) is 0 Å². The zero-order valence-electron chi connectivity index (χ0n) is 9.88. The molecule has 0 bridgehead atoms. The summed E-state index contributed by atoms with van der Waals surface area (Å²) in [4.78, 5) is 34.2. The number of H-pyrrole nitrogens is 3. The summed E-state index contributed by atoms with van der Waals surface area (Å²) >= 11 is 0. The number of hydrogen-bond acceptors (Lipinski definition) is 4. The van der Waals surface area contributed by atoms with E-state index < -0.39 is 11.2 Å². The van der Waals surface area contributed by atoms with Crippen LogP contribution in [0.4, 0.5) is 0 Å². The average Bonchev–Trinajstić information content (AvgIpc) is 2.59. The van der Waals surface area contributed by atoms with Gasteiger partial charge in [-0.3, -0.25) is 14.8 Å². The van der Waals surface area contributed by atoms with E-state index in [9.17, 15) is 9.59 Å². The van der Waals surface area contributed by atoms with Crippen LogP contribution < -0.4 is 11.2 Å². The number of methoxy groups -OCH3 is 1. The maximum absolute atomic E-state index is 11.5. The fraction of sp³-hybridized carbons (Fsp3) is 0.500. The minimum Gasteiger partial charge on any atom is -0.378 e. The lowest BCUT2D eigenvalue weighted by Crippen LogP contribution is -2.26. The molecule has 0 saturated heterocycles. The van der Waals surface area contributed by atoms with Crippen molar-refractivity contribution in [3.8, 4) is 0 Å². The number of rotatable bonds is 3. The number of imidazole rings is 1. The highest BCUT2D eigenvalue weighted by molar-refractivity contribution is 5.68. The molecule has 2 aromatic rings.